The van der Waals surface area contributed by atoms with Gasteiger partial charge in [-0.1, -0.05) is 0 Å². The van der Waals surface area contributed by atoms with Crippen molar-refractivity contribution in [3.63, 3.8) is 0 Å². The molecule has 3 N–H and O–H groups in total. The van der Waals surface area contributed by atoms with Crippen molar-refractivity contribution in [1.82, 2.24) is 9.97 Å². The summed E-state index contributed by atoms with van der Waals surface area (Å²) in [7, 11) is 0. The molecule has 86 valence electrons. The molecule has 0 aromatic carbocycles. The van der Waals surface area contributed by atoms with E-state index in [0.717, 1.165) is 6.07 Å². The van der Waals surface area contributed by atoms with Gasteiger partial charge < -0.3 is 10.7 Å². The van der Waals surface area contributed by atoms with Gasteiger partial charge in [-0.05, 0) is 13.8 Å². The number of nitrogens with zero attached hydrogens (tertiary/aromatic N) is 1. The van der Waals surface area contributed by atoms with Gasteiger partial charge in [0.2, 0.25) is 0 Å². The van der Waals surface area contributed by atoms with Crippen LogP contribution in [0.5, 0.6) is 0 Å². The molecular weight excluding hydrogens is 228 g/mol. The zero-order chi connectivity index (χ0) is 10.9. The monoisotopic (exact) mass is 239 g/mol. The number of halogens is 3. The third-order valence-corrected chi connectivity index (χ3v) is 1.60. The number of hydrogen-bond acceptors (Lipinski definition) is 3. The van der Waals surface area contributed by atoms with Crippen molar-refractivity contribution in [2.24, 2.45) is 5.73 Å². The van der Waals surface area contributed by atoms with E-state index in [4.69, 9.17) is 5.73 Å². The van der Waals surface area contributed by atoms with Crippen molar-refractivity contribution in [2.45, 2.75) is 25.8 Å². The van der Waals surface area contributed by atoms with Crippen molar-refractivity contribution in [1.29, 1.82) is 0 Å². The highest BCUT2D eigenvalue weighted by Gasteiger charge is 2.20. The average molecular weight is 240 g/mol. The molecule has 0 saturated carbocycles. The minimum Gasteiger partial charge on any atom is -0.319 e. The lowest BCUT2D eigenvalue weighted by atomic mass is 10.1. The van der Waals surface area contributed by atoms with Gasteiger partial charge in [-0.3, -0.25) is 4.79 Å². The maximum atomic E-state index is 12.3. The van der Waals surface area contributed by atoms with E-state index in [1.54, 1.807) is 13.8 Å². The van der Waals surface area contributed by atoms with Crippen LogP contribution in [-0.2, 0) is 5.54 Å². The number of alkyl halides is 2. The fourth-order valence-corrected chi connectivity index (χ4v) is 0.893. The fraction of sp³-hybridized carbons (Fsp3) is 0.500. The van der Waals surface area contributed by atoms with Crippen molar-refractivity contribution in [2.75, 3.05) is 0 Å². The van der Waals surface area contributed by atoms with Crippen LogP contribution in [0.4, 0.5) is 8.78 Å². The molecule has 15 heavy (non-hydrogen) atoms. The van der Waals surface area contributed by atoms with Crippen LogP contribution in [0.25, 0.3) is 0 Å². The summed E-state index contributed by atoms with van der Waals surface area (Å²) in [6.45, 7) is 3.14. The summed E-state index contributed by atoms with van der Waals surface area (Å²) in [5.74, 6) is 0.0558. The first-order valence-electron chi connectivity index (χ1n) is 3.99. The summed E-state index contributed by atoms with van der Waals surface area (Å²) in [6.07, 6.45) is -2.77. The second-order valence-corrected chi connectivity index (χ2v) is 3.54. The highest BCUT2D eigenvalue weighted by Crippen LogP contribution is 2.17. The molecule has 0 bridgehead atoms. The number of H-pyrrole nitrogens is 1. The average Bonchev–Trinajstić information content (AvgIpc) is 2.01. The predicted molar refractivity (Wildman–Crippen MR) is 54.3 cm³/mol. The highest BCUT2D eigenvalue weighted by molar-refractivity contribution is 5.85. The van der Waals surface area contributed by atoms with Gasteiger partial charge in [-0.15, -0.1) is 12.4 Å². The Hall–Kier alpha value is -1.01. The third kappa shape index (κ3) is 3.56. The normalized spacial score (nSPS) is 11.3. The molecule has 0 amide bonds. The molecule has 4 nitrogen and oxygen atoms in total. The number of nitrogens with one attached hydrogen (secondary N) is 1. The summed E-state index contributed by atoms with van der Waals surface area (Å²) < 4.78 is 24.5. The summed E-state index contributed by atoms with van der Waals surface area (Å²) >= 11 is 0. The topological polar surface area (TPSA) is 71.8 Å². The number of rotatable bonds is 2. The van der Waals surface area contributed by atoms with E-state index in [1.807, 2.05) is 0 Å². The van der Waals surface area contributed by atoms with E-state index >= 15 is 0 Å². The Kier molecular flexibility index (Phi) is 4.36. The summed E-state index contributed by atoms with van der Waals surface area (Å²) in [6, 6.07) is 0.764. The Morgan fingerprint density at radius 1 is 1.53 bits per heavy atom. The SMILES string of the molecule is CC(C)(N)c1nc(C(F)F)cc(=O)[nH]1.Cl. The van der Waals surface area contributed by atoms with E-state index in [1.165, 1.54) is 0 Å². The zero-order valence-corrected chi connectivity index (χ0v) is 9.07. The maximum Gasteiger partial charge on any atom is 0.280 e. The van der Waals surface area contributed by atoms with Crippen molar-refractivity contribution in [3.05, 3.63) is 27.9 Å². The molecule has 0 atom stereocenters. The van der Waals surface area contributed by atoms with Crippen LogP contribution in [0.1, 0.15) is 31.8 Å². The molecule has 1 rings (SSSR count). The maximum absolute atomic E-state index is 12.3. The van der Waals surface area contributed by atoms with Gasteiger partial charge in [0, 0.05) is 6.07 Å². The van der Waals surface area contributed by atoms with Crippen LogP contribution in [0.15, 0.2) is 10.9 Å². The van der Waals surface area contributed by atoms with Gasteiger partial charge in [0.25, 0.3) is 12.0 Å². The molecule has 0 unspecified atom stereocenters. The van der Waals surface area contributed by atoms with Crippen LogP contribution in [0.2, 0.25) is 0 Å². The zero-order valence-electron chi connectivity index (χ0n) is 8.25. The number of nitrogens with two attached hydrogens (primary N) is 1. The standard InChI is InChI=1S/C8H11F2N3O.ClH/c1-8(2,11)7-12-4(6(9)10)3-5(14)13-7;/h3,6H,11H2,1-2H3,(H,12,13,14);1H. The van der Waals surface area contributed by atoms with Crippen LogP contribution in [0, 0.1) is 0 Å². The first-order chi connectivity index (χ1) is 6.30. The van der Waals surface area contributed by atoms with Crippen LogP contribution < -0.4 is 11.3 Å². The van der Waals surface area contributed by atoms with Gasteiger partial charge in [0.05, 0.1) is 5.54 Å². The lowest BCUT2D eigenvalue weighted by Crippen LogP contribution is -2.33. The van der Waals surface area contributed by atoms with Crippen molar-refractivity contribution >= 4 is 12.4 Å². The molecule has 1 aromatic heterocycles. The van der Waals surface area contributed by atoms with E-state index < -0.39 is 23.2 Å². The Morgan fingerprint density at radius 2 is 2.07 bits per heavy atom. The Balaban J connectivity index is 0.00000196. The van der Waals surface area contributed by atoms with E-state index in [-0.39, 0.29) is 18.2 Å². The Bertz CT molecular complexity index is 386. The molecule has 0 spiro atoms. The summed E-state index contributed by atoms with van der Waals surface area (Å²) in [5.41, 5.74) is 3.50. The molecule has 1 aromatic rings. The predicted octanol–water partition coefficient (Wildman–Crippen LogP) is 1.32. The molecule has 0 aliphatic carbocycles. The molecule has 0 saturated heterocycles. The Labute approximate surface area is 91.3 Å². The van der Waals surface area contributed by atoms with Crippen LogP contribution in [0.3, 0.4) is 0 Å². The minimum absolute atomic E-state index is 0. The quantitative estimate of drug-likeness (QED) is 0.818. The number of aromatic nitrogens is 2. The lowest BCUT2D eigenvalue weighted by molar-refractivity contribution is 0.145. The first kappa shape index (κ1) is 14.0. The molecular formula is C8H12ClF2N3O. The van der Waals surface area contributed by atoms with E-state index in [0.29, 0.717) is 0 Å². The largest absolute Gasteiger partial charge is 0.319 e. The molecule has 7 heteroatoms. The smallest absolute Gasteiger partial charge is 0.280 e. The molecule has 0 aliphatic rings. The van der Waals surface area contributed by atoms with Crippen molar-refractivity contribution < 1.29 is 8.78 Å². The molecule has 0 radical (unpaired) electrons. The van der Waals surface area contributed by atoms with Gasteiger partial charge in [-0.25, -0.2) is 13.8 Å². The number of hydrogen-bond donors (Lipinski definition) is 2. The van der Waals surface area contributed by atoms with E-state index in [9.17, 15) is 13.6 Å². The first-order valence-corrected chi connectivity index (χ1v) is 3.99. The van der Waals surface area contributed by atoms with Gasteiger partial charge >= 0.3 is 0 Å². The second-order valence-electron chi connectivity index (χ2n) is 3.54. The number of aromatic amines is 1. The van der Waals surface area contributed by atoms with Gasteiger partial charge in [0.1, 0.15) is 11.5 Å². The Morgan fingerprint density at radius 3 is 2.47 bits per heavy atom. The van der Waals surface area contributed by atoms with Crippen molar-refractivity contribution in [3.8, 4) is 0 Å². The van der Waals surface area contributed by atoms with E-state index in [2.05, 4.69) is 9.97 Å². The molecule has 0 aliphatic heterocycles. The molecule has 0 fully saturated rings. The second kappa shape index (κ2) is 4.67. The lowest BCUT2D eigenvalue weighted by Gasteiger charge is -2.17. The van der Waals surface area contributed by atoms with Gasteiger partial charge in [0.15, 0.2) is 0 Å². The highest BCUT2D eigenvalue weighted by atomic mass is 35.5. The fourth-order valence-electron chi connectivity index (χ4n) is 0.893. The van der Waals surface area contributed by atoms with Gasteiger partial charge in [-0.2, -0.15) is 0 Å². The third-order valence-electron chi connectivity index (χ3n) is 1.60. The summed E-state index contributed by atoms with van der Waals surface area (Å²) in [4.78, 5) is 16.9. The minimum atomic E-state index is -2.77. The van der Waals surface area contributed by atoms with Crippen LogP contribution >= 0.6 is 12.4 Å². The molecule has 1 heterocycles. The van der Waals surface area contributed by atoms with Crippen LogP contribution in [-0.4, -0.2) is 9.97 Å². The summed E-state index contributed by atoms with van der Waals surface area (Å²) in [5, 5.41) is 0.